The van der Waals surface area contributed by atoms with Crippen LogP contribution >= 0.6 is 0 Å². The highest BCUT2D eigenvalue weighted by molar-refractivity contribution is 5.99. The summed E-state index contributed by atoms with van der Waals surface area (Å²) in [5, 5.41) is 14.7. The molecule has 1 heterocycles. The smallest absolute Gasteiger partial charge is 0.286 e. The van der Waals surface area contributed by atoms with Crippen LogP contribution in [-0.4, -0.2) is 69.3 Å². The first-order valence-corrected chi connectivity index (χ1v) is 8.06. The number of carbonyl (C=O) groups excluding carboxylic acids is 1. The summed E-state index contributed by atoms with van der Waals surface area (Å²) in [6.07, 6.45) is 0.800. The molecule has 1 fully saturated rings. The Morgan fingerprint density at radius 3 is 2.72 bits per heavy atom. The van der Waals surface area contributed by atoms with Crippen molar-refractivity contribution >= 4 is 11.6 Å². The zero-order chi connectivity index (χ0) is 18.2. The van der Waals surface area contributed by atoms with Gasteiger partial charge in [0.2, 0.25) is 0 Å². The van der Waals surface area contributed by atoms with E-state index in [0.29, 0.717) is 26.2 Å². The van der Waals surface area contributed by atoms with E-state index < -0.39 is 4.92 Å². The Balaban J connectivity index is 2.34. The topological polar surface area (TPSA) is 103 Å². The van der Waals surface area contributed by atoms with Crippen molar-refractivity contribution in [3.8, 4) is 11.5 Å². The van der Waals surface area contributed by atoms with E-state index in [9.17, 15) is 14.9 Å². The summed E-state index contributed by atoms with van der Waals surface area (Å²) in [4.78, 5) is 25.3. The molecule has 1 aromatic rings. The van der Waals surface area contributed by atoms with Gasteiger partial charge in [-0.3, -0.25) is 14.9 Å². The number of nitro groups is 1. The highest BCUT2D eigenvalue weighted by Gasteiger charge is 2.28. The molecule has 2 rings (SSSR count). The lowest BCUT2D eigenvalue weighted by atomic mass is 10.1. The molecular weight excluding hydrogens is 330 g/mol. The van der Waals surface area contributed by atoms with Gasteiger partial charge in [0.25, 0.3) is 11.6 Å². The third-order valence-electron chi connectivity index (χ3n) is 3.88. The van der Waals surface area contributed by atoms with Gasteiger partial charge in [-0.2, -0.15) is 0 Å². The number of nitrogens with zero attached hydrogens (tertiary/aromatic N) is 2. The standard InChI is InChI=1S/C16H23N3O6/c1-23-8-9-25-15-11-13(19(21)22)12(10-14(15)24-2)16(20)18-6-3-4-17-5-7-18/h10-11,17H,3-9H2,1-2H3. The average Bonchev–Trinajstić information content (AvgIpc) is 2.90. The zero-order valence-corrected chi connectivity index (χ0v) is 14.4. The molecule has 1 N–H and O–H groups in total. The molecule has 9 nitrogen and oxygen atoms in total. The molecule has 1 amide bonds. The molecule has 1 aliphatic heterocycles. The highest BCUT2D eigenvalue weighted by atomic mass is 16.6. The second kappa shape index (κ2) is 9.19. The van der Waals surface area contributed by atoms with Crippen LogP contribution in [-0.2, 0) is 4.74 Å². The normalized spacial score (nSPS) is 14.7. The van der Waals surface area contributed by atoms with Gasteiger partial charge in [0.1, 0.15) is 12.2 Å². The van der Waals surface area contributed by atoms with Crippen molar-refractivity contribution in [3.05, 3.63) is 27.8 Å². The molecular formula is C16H23N3O6. The molecule has 0 saturated carbocycles. The summed E-state index contributed by atoms with van der Waals surface area (Å²) < 4.78 is 15.6. The van der Waals surface area contributed by atoms with Crippen LogP contribution < -0.4 is 14.8 Å². The summed E-state index contributed by atoms with van der Waals surface area (Å²) in [5.74, 6) is 0.107. The van der Waals surface area contributed by atoms with Gasteiger partial charge in [0, 0.05) is 32.8 Å². The summed E-state index contributed by atoms with van der Waals surface area (Å²) in [6.45, 7) is 3.09. The van der Waals surface area contributed by atoms with Gasteiger partial charge in [-0.25, -0.2) is 0 Å². The van der Waals surface area contributed by atoms with Crippen molar-refractivity contribution in [2.45, 2.75) is 6.42 Å². The molecule has 1 saturated heterocycles. The molecule has 0 atom stereocenters. The number of nitro benzene ring substituents is 1. The van der Waals surface area contributed by atoms with E-state index in [2.05, 4.69) is 5.32 Å². The average molecular weight is 353 g/mol. The lowest BCUT2D eigenvalue weighted by Gasteiger charge is -2.20. The lowest BCUT2D eigenvalue weighted by molar-refractivity contribution is -0.385. The summed E-state index contributed by atoms with van der Waals surface area (Å²) in [7, 11) is 2.95. The number of hydrogen-bond donors (Lipinski definition) is 1. The second-order valence-corrected chi connectivity index (χ2v) is 5.51. The van der Waals surface area contributed by atoms with Gasteiger partial charge in [-0.05, 0) is 13.0 Å². The minimum atomic E-state index is -0.577. The van der Waals surface area contributed by atoms with E-state index >= 15 is 0 Å². The van der Waals surface area contributed by atoms with Gasteiger partial charge in [0.05, 0.1) is 24.7 Å². The molecule has 0 aromatic heterocycles. The van der Waals surface area contributed by atoms with E-state index in [1.54, 1.807) is 4.90 Å². The van der Waals surface area contributed by atoms with Crippen molar-refractivity contribution < 1.29 is 23.9 Å². The number of methoxy groups -OCH3 is 2. The first-order valence-electron chi connectivity index (χ1n) is 8.06. The Kier molecular flexibility index (Phi) is 6.96. The minimum Gasteiger partial charge on any atom is -0.493 e. The van der Waals surface area contributed by atoms with E-state index in [1.807, 2.05) is 0 Å². The van der Waals surface area contributed by atoms with Gasteiger partial charge < -0.3 is 24.4 Å². The number of benzene rings is 1. The fourth-order valence-electron chi connectivity index (χ4n) is 2.60. The molecule has 9 heteroatoms. The number of hydrogen-bond acceptors (Lipinski definition) is 7. The molecule has 0 unspecified atom stereocenters. The Morgan fingerprint density at radius 2 is 2.04 bits per heavy atom. The molecule has 1 aromatic carbocycles. The molecule has 0 bridgehead atoms. The molecule has 0 spiro atoms. The van der Waals surface area contributed by atoms with Crippen molar-refractivity contribution in [1.29, 1.82) is 0 Å². The predicted molar refractivity (Wildman–Crippen MR) is 90.4 cm³/mol. The first kappa shape index (κ1) is 18.9. The Hall–Kier alpha value is -2.39. The van der Waals surface area contributed by atoms with E-state index in [1.165, 1.54) is 26.4 Å². The van der Waals surface area contributed by atoms with Gasteiger partial charge in [0.15, 0.2) is 11.5 Å². The zero-order valence-electron chi connectivity index (χ0n) is 14.4. The molecule has 138 valence electrons. The number of carbonyl (C=O) groups is 1. The van der Waals surface area contributed by atoms with Gasteiger partial charge >= 0.3 is 0 Å². The van der Waals surface area contributed by atoms with Crippen LogP contribution in [0.2, 0.25) is 0 Å². The van der Waals surface area contributed by atoms with E-state index in [-0.39, 0.29) is 35.3 Å². The maximum absolute atomic E-state index is 12.8. The van der Waals surface area contributed by atoms with Gasteiger partial charge in [-0.15, -0.1) is 0 Å². The summed E-state index contributed by atoms with van der Waals surface area (Å²) in [6, 6.07) is 2.61. The lowest BCUT2D eigenvalue weighted by Crippen LogP contribution is -2.34. The molecule has 25 heavy (non-hydrogen) atoms. The molecule has 0 aliphatic carbocycles. The SMILES string of the molecule is COCCOc1cc([N+](=O)[O-])c(C(=O)N2CCCNCC2)cc1OC. The first-order chi connectivity index (χ1) is 12.1. The van der Waals surface area contributed by atoms with Crippen molar-refractivity contribution in [3.63, 3.8) is 0 Å². The van der Waals surface area contributed by atoms with Crippen LogP contribution in [0, 0.1) is 10.1 Å². The summed E-state index contributed by atoms with van der Waals surface area (Å²) >= 11 is 0. The fourth-order valence-corrected chi connectivity index (χ4v) is 2.60. The highest BCUT2D eigenvalue weighted by Crippen LogP contribution is 2.35. The number of nitrogens with one attached hydrogen (secondary N) is 1. The van der Waals surface area contributed by atoms with E-state index in [4.69, 9.17) is 14.2 Å². The Labute approximate surface area is 146 Å². The van der Waals surface area contributed by atoms with Gasteiger partial charge in [-0.1, -0.05) is 0 Å². The van der Waals surface area contributed by atoms with Crippen molar-refractivity contribution in [2.24, 2.45) is 0 Å². The van der Waals surface area contributed by atoms with Crippen LogP contribution in [0.5, 0.6) is 11.5 Å². The molecule has 0 radical (unpaired) electrons. The fraction of sp³-hybridized carbons (Fsp3) is 0.562. The van der Waals surface area contributed by atoms with Crippen molar-refractivity contribution in [2.75, 3.05) is 53.6 Å². The van der Waals surface area contributed by atoms with Crippen LogP contribution in [0.1, 0.15) is 16.8 Å². The van der Waals surface area contributed by atoms with Crippen molar-refractivity contribution in [1.82, 2.24) is 10.2 Å². The largest absolute Gasteiger partial charge is 0.493 e. The Morgan fingerprint density at radius 1 is 1.24 bits per heavy atom. The third kappa shape index (κ3) is 4.80. The predicted octanol–water partition coefficient (Wildman–Crippen LogP) is 1.06. The minimum absolute atomic E-state index is 0.00263. The Bertz CT molecular complexity index is 614. The maximum Gasteiger partial charge on any atom is 0.286 e. The number of ether oxygens (including phenoxy) is 3. The summed E-state index contributed by atoms with van der Waals surface area (Å²) in [5.41, 5.74) is -0.293. The van der Waals surface area contributed by atoms with Crippen LogP contribution in [0.4, 0.5) is 5.69 Å². The number of rotatable bonds is 7. The van der Waals surface area contributed by atoms with Crippen LogP contribution in [0.3, 0.4) is 0 Å². The third-order valence-corrected chi connectivity index (χ3v) is 3.88. The second-order valence-electron chi connectivity index (χ2n) is 5.51. The van der Waals surface area contributed by atoms with Crippen LogP contribution in [0.15, 0.2) is 12.1 Å². The van der Waals surface area contributed by atoms with E-state index in [0.717, 1.165) is 13.0 Å². The van der Waals surface area contributed by atoms with Crippen LogP contribution in [0.25, 0.3) is 0 Å². The number of amides is 1. The maximum atomic E-state index is 12.8. The monoisotopic (exact) mass is 353 g/mol. The molecule has 1 aliphatic rings. The quantitative estimate of drug-likeness (QED) is 0.444.